The van der Waals surface area contributed by atoms with Gasteiger partial charge < -0.3 is 5.73 Å². The molecule has 0 aliphatic rings. The van der Waals surface area contributed by atoms with E-state index in [9.17, 15) is 4.79 Å². The summed E-state index contributed by atoms with van der Waals surface area (Å²) < 4.78 is 0. The van der Waals surface area contributed by atoms with Gasteiger partial charge in [0.15, 0.2) is 5.12 Å². The Balaban J connectivity index is 2.74. The predicted molar refractivity (Wildman–Crippen MR) is 67.7 cm³/mol. The van der Waals surface area contributed by atoms with Crippen molar-refractivity contribution in [3.8, 4) is 6.07 Å². The minimum absolute atomic E-state index is 0.0856. The summed E-state index contributed by atoms with van der Waals surface area (Å²) in [5.74, 6) is 0.616. The van der Waals surface area contributed by atoms with E-state index >= 15 is 0 Å². The van der Waals surface area contributed by atoms with Gasteiger partial charge in [-0.05, 0) is 17.7 Å². The van der Waals surface area contributed by atoms with Crippen molar-refractivity contribution in [3.05, 3.63) is 35.4 Å². The van der Waals surface area contributed by atoms with Crippen molar-refractivity contribution in [1.29, 1.82) is 5.26 Å². The van der Waals surface area contributed by atoms with E-state index in [0.717, 1.165) is 5.56 Å². The first-order valence-corrected chi connectivity index (χ1v) is 5.71. The molecular weight excluding hydrogens is 220 g/mol. The lowest BCUT2D eigenvalue weighted by atomic mass is 10.1. The van der Waals surface area contributed by atoms with E-state index in [-0.39, 0.29) is 5.12 Å². The maximum Gasteiger partial charge on any atom is 0.186 e. The van der Waals surface area contributed by atoms with Crippen LogP contribution >= 0.6 is 11.8 Å². The average molecular weight is 232 g/mol. The molecule has 0 saturated carbocycles. The number of thioether (sulfide) groups is 1. The summed E-state index contributed by atoms with van der Waals surface area (Å²) in [7, 11) is 0. The Kier molecular flexibility index (Phi) is 4.62. The third-order valence-corrected chi connectivity index (χ3v) is 2.64. The molecule has 0 saturated heterocycles. The zero-order chi connectivity index (χ0) is 12.0. The lowest BCUT2D eigenvalue weighted by molar-refractivity contribution is -0.109. The SMILES string of the molecule is CC(=O)SCC=Cc1ccc(N)cc1C#N. The number of nitriles is 1. The lowest BCUT2D eigenvalue weighted by Gasteiger charge is -1.99. The molecule has 0 heterocycles. The third-order valence-electron chi connectivity index (χ3n) is 1.88. The van der Waals surface area contributed by atoms with Crippen molar-refractivity contribution in [3.63, 3.8) is 0 Å². The molecule has 0 spiro atoms. The average Bonchev–Trinajstić information content (AvgIpc) is 2.25. The second-order valence-electron chi connectivity index (χ2n) is 3.16. The van der Waals surface area contributed by atoms with Gasteiger partial charge in [-0.2, -0.15) is 5.26 Å². The molecule has 0 amide bonds. The van der Waals surface area contributed by atoms with Gasteiger partial charge in [0, 0.05) is 18.4 Å². The fraction of sp³-hybridized carbons (Fsp3) is 0.167. The summed E-state index contributed by atoms with van der Waals surface area (Å²) in [5, 5.41) is 8.97. The molecule has 3 nitrogen and oxygen atoms in total. The highest BCUT2D eigenvalue weighted by molar-refractivity contribution is 8.13. The first kappa shape index (κ1) is 12.3. The molecule has 0 aromatic heterocycles. The van der Waals surface area contributed by atoms with E-state index in [2.05, 4.69) is 6.07 Å². The Morgan fingerprint density at radius 2 is 2.38 bits per heavy atom. The summed E-state index contributed by atoms with van der Waals surface area (Å²) in [6.45, 7) is 1.53. The first-order chi connectivity index (χ1) is 7.63. The fourth-order valence-corrected chi connectivity index (χ4v) is 1.58. The smallest absolute Gasteiger partial charge is 0.186 e. The predicted octanol–water partition coefficient (Wildman–Crippen LogP) is 2.43. The van der Waals surface area contributed by atoms with Crippen LogP contribution in [-0.2, 0) is 4.79 Å². The molecule has 1 aromatic rings. The van der Waals surface area contributed by atoms with Crippen LogP contribution in [0.15, 0.2) is 24.3 Å². The van der Waals surface area contributed by atoms with Crippen LogP contribution in [0, 0.1) is 11.3 Å². The summed E-state index contributed by atoms with van der Waals surface area (Å²) >= 11 is 1.23. The molecule has 0 atom stereocenters. The third kappa shape index (κ3) is 3.79. The van der Waals surface area contributed by atoms with E-state index in [1.807, 2.05) is 12.2 Å². The summed E-state index contributed by atoms with van der Waals surface area (Å²) in [6.07, 6.45) is 3.69. The number of carbonyl (C=O) groups excluding carboxylic acids is 1. The molecule has 0 fully saturated rings. The van der Waals surface area contributed by atoms with Gasteiger partial charge >= 0.3 is 0 Å². The largest absolute Gasteiger partial charge is 0.399 e. The normalized spacial score (nSPS) is 10.2. The second-order valence-corrected chi connectivity index (χ2v) is 4.36. The van der Waals surface area contributed by atoms with Crippen LogP contribution in [0.3, 0.4) is 0 Å². The number of benzene rings is 1. The Hall–Kier alpha value is -1.73. The van der Waals surface area contributed by atoms with E-state index in [0.29, 0.717) is 17.0 Å². The molecule has 0 radical (unpaired) electrons. The highest BCUT2D eigenvalue weighted by atomic mass is 32.2. The number of anilines is 1. The van der Waals surface area contributed by atoms with E-state index in [1.165, 1.54) is 18.7 Å². The molecule has 0 bridgehead atoms. The molecule has 0 aliphatic carbocycles. The van der Waals surface area contributed by atoms with Gasteiger partial charge in [0.2, 0.25) is 0 Å². The van der Waals surface area contributed by atoms with Gasteiger partial charge in [-0.15, -0.1) is 0 Å². The molecule has 2 N–H and O–H groups in total. The Bertz CT molecular complexity index is 461. The summed E-state index contributed by atoms with van der Waals surface area (Å²) in [6, 6.07) is 7.26. The molecule has 4 heteroatoms. The van der Waals surface area contributed by atoms with Gasteiger partial charge in [0.05, 0.1) is 11.6 Å². The van der Waals surface area contributed by atoms with Crippen molar-refractivity contribution in [2.45, 2.75) is 6.92 Å². The van der Waals surface area contributed by atoms with E-state index in [1.54, 1.807) is 18.2 Å². The van der Waals surface area contributed by atoms with E-state index in [4.69, 9.17) is 11.0 Å². The molecular formula is C12H12N2OS. The lowest BCUT2D eigenvalue weighted by Crippen LogP contribution is -1.88. The van der Waals surface area contributed by atoms with Gasteiger partial charge in [-0.1, -0.05) is 30.0 Å². The number of hydrogen-bond acceptors (Lipinski definition) is 4. The van der Waals surface area contributed by atoms with Crippen molar-refractivity contribution in [2.24, 2.45) is 0 Å². The molecule has 82 valence electrons. The quantitative estimate of drug-likeness (QED) is 0.813. The van der Waals surface area contributed by atoms with Crippen LogP contribution in [0.1, 0.15) is 18.1 Å². The molecule has 16 heavy (non-hydrogen) atoms. The fourth-order valence-electron chi connectivity index (χ4n) is 1.16. The molecule has 1 aromatic carbocycles. The maximum absolute atomic E-state index is 10.7. The number of carbonyl (C=O) groups is 1. The highest BCUT2D eigenvalue weighted by Crippen LogP contribution is 2.14. The molecule has 0 unspecified atom stereocenters. The van der Waals surface area contributed by atoms with Crippen molar-refractivity contribution in [1.82, 2.24) is 0 Å². The second kappa shape index (κ2) is 5.99. The van der Waals surface area contributed by atoms with Crippen LogP contribution in [0.4, 0.5) is 5.69 Å². The van der Waals surface area contributed by atoms with Gasteiger partial charge in [0.1, 0.15) is 0 Å². The van der Waals surface area contributed by atoms with Crippen LogP contribution in [-0.4, -0.2) is 10.9 Å². The zero-order valence-electron chi connectivity index (χ0n) is 8.93. The number of hydrogen-bond donors (Lipinski definition) is 1. The topological polar surface area (TPSA) is 66.9 Å². The monoisotopic (exact) mass is 232 g/mol. The first-order valence-electron chi connectivity index (χ1n) is 4.73. The van der Waals surface area contributed by atoms with Gasteiger partial charge in [-0.25, -0.2) is 0 Å². The van der Waals surface area contributed by atoms with E-state index < -0.39 is 0 Å². The molecule has 0 aliphatic heterocycles. The highest BCUT2D eigenvalue weighted by Gasteiger charge is 1.98. The number of nitrogens with two attached hydrogens (primary N) is 1. The van der Waals surface area contributed by atoms with Crippen molar-refractivity contribution in [2.75, 3.05) is 11.5 Å². The molecule has 1 rings (SSSR count). The number of rotatable bonds is 3. The number of nitrogen functional groups attached to an aromatic ring is 1. The van der Waals surface area contributed by atoms with Gasteiger partial charge in [-0.3, -0.25) is 4.79 Å². The minimum Gasteiger partial charge on any atom is -0.399 e. The maximum atomic E-state index is 10.7. The summed E-state index contributed by atoms with van der Waals surface area (Å²) in [4.78, 5) is 10.7. The Morgan fingerprint density at radius 1 is 1.62 bits per heavy atom. The van der Waals surface area contributed by atoms with Crippen LogP contribution in [0.25, 0.3) is 6.08 Å². The minimum atomic E-state index is 0.0856. The zero-order valence-corrected chi connectivity index (χ0v) is 9.75. The van der Waals surface area contributed by atoms with Gasteiger partial charge in [0.25, 0.3) is 0 Å². The standard InChI is InChI=1S/C12H12N2OS/c1-9(15)16-6-2-3-10-4-5-12(14)7-11(10)8-13/h2-5,7H,6,14H2,1H3. The Morgan fingerprint density at radius 3 is 3.00 bits per heavy atom. The number of nitrogens with zero attached hydrogens (tertiary/aromatic N) is 1. The van der Waals surface area contributed by atoms with Crippen LogP contribution in [0.2, 0.25) is 0 Å². The van der Waals surface area contributed by atoms with Crippen molar-refractivity contribution >= 4 is 28.6 Å². The Labute approximate surface area is 98.9 Å². The van der Waals surface area contributed by atoms with Crippen LogP contribution < -0.4 is 5.73 Å². The van der Waals surface area contributed by atoms with Crippen molar-refractivity contribution < 1.29 is 4.79 Å². The van der Waals surface area contributed by atoms with Crippen LogP contribution in [0.5, 0.6) is 0 Å². The summed E-state index contributed by atoms with van der Waals surface area (Å²) in [5.41, 5.74) is 7.52.